The lowest BCUT2D eigenvalue weighted by Crippen LogP contribution is -2.53. The molecule has 2 aliphatic heterocycles. The van der Waals surface area contributed by atoms with E-state index in [1.54, 1.807) is 0 Å². The second-order valence-electron chi connectivity index (χ2n) is 6.31. The molecule has 4 heteroatoms. The van der Waals surface area contributed by atoms with E-state index in [1.165, 1.54) is 19.3 Å². The molecule has 2 saturated heterocycles. The highest BCUT2D eigenvalue weighted by Crippen LogP contribution is 2.21. The van der Waals surface area contributed by atoms with Gasteiger partial charge in [0.2, 0.25) is 5.91 Å². The van der Waals surface area contributed by atoms with Crippen molar-refractivity contribution in [1.29, 1.82) is 0 Å². The van der Waals surface area contributed by atoms with E-state index in [9.17, 15) is 4.79 Å². The quantitative estimate of drug-likeness (QED) is 0.842. The molecule has 3 unspecified atom stereocenters. The first-order valence-corrected chi connectivity index (χ1v) is 7.89. The van der Waals surface area contributed by atoms with Crippen LogP contribution in [0.15, 0.2) is 0 Å². The van der Waals surface area contributed by atoms with Crippen molar-refractivity contribution in [3.63, 3.8) is 0 Å². The lowest BCUT2D eigenvalue weighted by atomic mass is 9.94. The third kappa shape index (κ3) is 3.69. The van der Waals surface area contributed by atoms with E-state index in [1.807, 2.05) is 0 Å². The van der Waals surface area contributed by atoms with Gasteiger partial charge in [0.05, 0.1) is 6.54 Å². The normalized spacial score (nSPS) is 33.4. The van der Waals surface area contributed by atoms with Gasteiger partial charge >= 0.3 is 0 Å². The smallest absolute Gasteiger partial charge is 0.236 e. The molecule has 0 saturated carbocycles. The van der Waals surface area contributed by atoms with Crippen molar-refractivity contribution in [2.45, 2.75) is 58.0 Å². The fraction of sp³-hybridized carbons (Fsp3) is 0.933. The Hall–Kier alpha value is -0.610. The van der Waals surface area contributed by atoms with Gasteiger partial charge in [-0.05, 0) is 44.6 Å². The monoisotopic (exact) mass is 267 g/mol. The molecule has 0 aromatic heterocycles. The molecule has 0 aromatic carbocycles. The first kappa shape index (κ1) is 14.8. The SMILES string of the molecule is CCC1CCCCN1C(=O)CN1CCC(C)C(N)C1. The average Bonchev–Trinajstić information content (AvgIpc) is 2.43. The van der Waals surface area contributed by atoms with Crippen molar-refractivity contribution >= 4 is 5.91 Å². The molecule has 2 N–H and O–H groups in total. The minimum absolute atomic E-state index is 0.227. The predicted octanol–water partition coefficient (Wildman–Crippen LogP) is 1.45. The molecule has 2 aliphatic rings. The van der Waals surface area contributed by atoms with Gasteiger partial charge in [0.15, 0.2) is 0 Å². The number of hydrogen-bond donors (Lipinski definition) is 1. The second kappa shape index (κ2) is 6.71. The fourth-order valence-corrected chi connectivity index (χ4v) is 3.35. The van der Waals surface area contributed by atoms with Gasteiger partial charge in [0.25, 0.3) is 0 Å². The number of carbonyl (C=O) groups is 1. The summed E-state index contributed by atoms with van der Waals surface area (Å²) in [7, 11) is 0. The third-order valence-corrected chi connectivity index (χ3v) is 4.88. The Labute approximate surface area is 117 Å². The number of piperidine rings is 2. The Morgan fingerprint density at radius 2 is 2.05 bits per heavy atom. The number of nitrogens with two attached hydrogens (primary N) is 1. The van der Waals surface area contributed by atoms with E-state index >= 15 is 0 Å². The predicted molar refractivity (Wildman–Crippen MR) is 77.8 cm³/mol. The largest absolute Gasteiger partial charge is 0.339 e. The molecule has 2 heterocycles. The molecule has 2 fully saturated rings. The Morgan fingerprint density at radius 1 is 1.26 bits per heavy atom. The summed E-state index contributed by atoms with van der Waals surface area (Å²) in [4.78, 5) is 16.8. The number of likely N-dealkylation sites (tertiary alicyclic amines) is 2. The number of amides is 1. The Bertz CT molecular complexity index is 308. The highest BCUT2D eigenvalue weighted by Gasteiger charge is 2.29. The van der Waals surface area contributed by atoms with E-state index < -0.39 is 0 Å². The summed E-state index contributed by atoms with van der Waals surface area (Å²) in [5.41, 5.74) is 6.11. The van der Waals surface area contributed by atoms with Gasteiger partial charge in [-0.3, -0.25) is 9.69 Å². The van der Waals surface area contributed by atoms with Crippen LogP contribution in [0.1, 0.15) is 46.0 Å². The van der Waals surface area contributed by atoms with Gasteiger partial charge in [0, 0.05) is 25.2 Å². The molecule has 1 amide bonds. The molecule has 3 atom stereocenters. The molecular formula is C15H29N3O. The van der Waals surface area contributed by atoms with Crippen molar-refractivity contribution in [1.82, 2.24) is 9.80 Å². The summed E-state index contributed by atoms with van der Waals surface area (Å²) in [6, 6.07) is 0.698. The maximum Gasteiger partial charge on any atom is 0.236 e. The Morgan fingerprint density at radius 3 is 2.74 bits per heavy atom. The van der Waals surface area contributed by atoms with Gasteiger partial charge < -0.3 is 10.6 Å². The molecule has 0 aromatic rings. The summed E-state index contributed by atoms with van der Waals surface area (Å²) in [5.74, 6) is 0.901. The van der Waals surface area contributed by atoms with Gasteiger partial charge in [-0.15, -0.1) is 0 Å². The van der Waals surface area contributed by atoms with Crippen LogP contribution >= 0.6 is 0 Å². The molecular weight excluding hydrogens is 238 g/mol. The zero-order valence-corrected chi connectivity index (χ0v) is 12.5. The van der Waals surface area contributed by atoms with Crippen molar-refractivity contribution in [2.24, 2.45) is 11.7 Å². The molecule has 2 rings (SSSR count). The van der Waals surface area contributed by atoms with Crippen LogP contribution in [0.4, 0.5) is 0 Å². The highest BCUT2D eigenvalue weighted by atomic mass is 16.2. The van der Waals surface area contributed by atoms with Crippen LogP contribution in [0, 0.1) is 5.92 Å². The van der Waals surface area contributed by atoms with Crippen LogP contribution in [0.5, 0.6) is 0 Å². The number of hydrogen-bond acceptors (Lipinski definition) is 3. The van der Waals surface area contributed by atoms with E-state index in [4.69, 9.17) is 5.73 Å². The molecule has 4 nitrogen and oxygen atoms in total. The van der Waals surface area contributed by atoms with E-state index in [2.05, 4.69) is 23.6 Å². The van der Waals surface area contributed by atoms with Crippen molar-refractivity contribution < 1.29 is 4.79 Å². The maximum absolute atomic E-state index is 12.5. The lowest BCUT2D eigenvalue weighted by Gasteiger charge is -2.39. The van der Waals surface area contributed by atoms with Crippen molar-refractivity contribution in [3.8, 4) is 0 Å². The molecule has 110 valence electrons. The number of nitrogens with zero attached hydrogens (tertiary/aromatic N) is 2. The summed E-state index contributed by atoms with van der Waals surface area (Å²) in [6.07, 6.45) is 5.82. The highest BCUT2D eigenvalue weighted by molar-refractivity contribution is 5.78. The minimum Gasteiger partial charge on any atom is -0.339 e. The molecule has 0 spiro atoms. The lowest BCUT2D eigenvalue weighted by molar-refractivity contribution is -0.136. The molecule has 0 bridgehead atoms. The summed E-state index contributed by atoms with van der Waals surface area (Å²) < 4.78 is 0. The van der Waals surface area contributed by atoms with Crippen LogP contribution in [0.25, 0.3) is 0 Å². The molecule has 19 heavy (non-hydrogen) atoms. The standard InChI is InChI=1S/C15H29N3O/c1-3-13-6-4-5-8-18(13)15(19)11-17-9-7-12(2)14(16)10-17/h12-14H,3-11,16H2,1-2H3. The Kier molecular flexibility index (Phi) is 5.22. The van der Waals surface area contributed by atoms with Crippen LogP contribution in [0.3, 0.4) is 0 Å². The minimum atomic E-state index is 0.227. The van der Waals surface area contributed by atoms with Crippen LogP contribution < -0.4 is 5.73 Å². The van der Waals surface area contributed by atoms with Crippen LogP contribution in [-0.2, 0) is 4.79 Å². The van der Waals surface area contributed by atoms with Gasteiger partial charge in [-0.25, -0.2) is 0 Å². The van der Waals surface area contributed by atoms with E-state index in [-0.39, 0.29) is 6.04 Å². The third-order valence-electron chi connectivity index (χ3n) is 4.88. The van der Waals surface area contributed by atoms with Gasteiger partial charge in [-0.2, -0.15) is 0 Å². The van der Waals surface area contributed by atoms with Gasteiger partial charge in [0.1, 0.15) is 0 Å². The Balaban J connectivity index is 1.86. The first-order chi connectivity index (χ1) is 9.11. The zero-order valence-electron chi connectivity index (χ0n) is 12.5. The summed E-state index contributed by atoms with van der Waals surface area (Å²) >= 11 is 0. The maximum atomic E-state index is 12.5. The van der Waals surface area contributed by atoms with Crippen molar-refractivity contribution in [3.05, 3.63) is 0 Å². The van der Waals surface area contributed by atoms with Crippen LogP contribution in [0.2, 0.25) is 0 Å². The van der Waals surface area contributed by atoms with E-state index in [0.717, 1.165) is 32.5 Å². The molecule has 0 radical (unpaired) electrons. The summed E-state index contributed by atoms with van der Waals surface area (Å²) in [6.45, 7) is 7.81. The fourth-order valence-electron chi connectivity index (χ4n) is 3.35. The second-order valence-corrected chi connectivity index (χ2v) is 6.31. The molecule has 0 aliphatic carbocycles. The summed E-state index contributed by atoms with van der Waals surface area (Å²) in [5, 5.41) is 0. The van der Waals surface area contributed by atoms with Gasteiger partial charge in [-0.1, -0.05) is 13.8 Å². The number of carbonyl (C=O) groups excluding carboxylic acids is 1. The van der Waals surface area contributed by atoms with Crippen molar-refractivity contribution in [2.75, 3.05) is 26.2 Å². The topological polar surface area (TPSA) is 49.6 Å². The first-order valence-electron chi connectivity index (χ1n) is 7.89. The zero-order chi connectivity index (χ0) is 13.8. The average molecular weight is 267 g/mol. The van der Waals surface area contributed by atoms with Crippen LogP contribution in [-0.4, -0.2) is 54.0 Å². The number of rotatable bonds is 3. The van der Waals surface area contributed by atoms with E-state index in [0.29, 0.717) is 24.4 Å².